The molecular weight excluding hydrogens is 323 g/mol. The Labute approximate surface area is 118 Å². The number of rotatable bonds is 6. The molecule has 0 aromatic heterocycles. The van der Waals surface area contributed by atoms with E-state index < -0.39 is 18.4 Å². The molecule has 104 valence electrons. The van der Waals surface area contributed by atoms with Gasteiger partial charge in [-0.25, -0.2) is 0 Å². The summed E-state index contributed by atoms with van der Waals surface area (Å²) in [5.74, 6) is 3.27. The Balaban J connectivity index is 2.25. The van der Waals surface area contributed by atoms with Gasteiger partial charge in [-0.1, -0.05) is 0 Å². The van der Waals surface area contributed by atoms with Crippen LogP contribution in [0.2, 0.25) is 17.2 Å². The summed E-state index contributed by atoms with van der Waals surface area (Å²) in [4.78, 5) is 0. The van der Waals surface area contributed by atoms with Crippen molar-refractivity contribution in [3.8, 4) is 0 Å². The summed E-state index contributed by atoms with van der Waals surface area (Å²) in [5.41, 5.74) is 1.45. The predicted octanol–water partition coefficient (Wildman–Crippen LogP) is 5.88. The Kier molecular flexibility index (Phi) is 4.89. The van der Waals surface area contributed by atoms with Crippen LogP contribution in [0.1, 0.15) is 53.4 Å². The zero-order valence-corrected chi connectivity index (χ0v) is 15.8. The monoisotopic (exact) mass is 356 g/mol. The van der Waals surface area contributed by atoms with Crippen molar-refractivity contribution in [1.82, 2.24) is 0 Å². The molecule has 0 N–H and O–H groups in total. The Morgan fingerprint density at radius 1 is 1.06 bits per heavy atom. The van der Waals surface area contributed by atoms with Gasteiger partial charge < -0.3 is 0 Å². The molecule has 1 heteroatoms. The van der Waals surface area contributed by atoms with Crippen molar-refractivity contribution in [1.29, 1.82) is 0 Å². The third-order valence-electron chi connectivity index (χ3n) is 6.49. The average Bonchev–Trinajstić information content (AvgIpc) is 2.94. The molecule has 0 aliphatic heterocycles. The first kappa shape index (κ1) is 14.9. The summed E-state index contributed by atoms with van der Waals surface area (Å²) < 4.78 is 5.96. The van der Waals surface area contributed by atoms with Crippen LogP contribution >= 0.6 is 0 Å². The van der Waals surface area contributed by atoms with Gasteiger partial charge in [-0.3, -0.25) is 0 Å². The molecule has 0 spiro atoms. The number of fused-ring (bicyclic) bond motifs is 2. The van der Waals surface area contributed by atoms with Crippen molar-refractivity contribution in [2.75, 3.05) is 0 Å². The van der Waals surface area contributed by atoms with Gasteiger partial charge in [-0.15, -0.1) is 0 Å². The standard InChI is InChI=1S/C11H17.3C2H5.Sn/c1-8(2)5-11-7-9-3-4-10(11)6-9;3*1-2;/h7,9-11H,1,3-6H2,2H3;3*1H2,2H3;/t9-,10+,11+;;;;/m1..../s1. The van der Waals surface area contributed by atoms with Crippen molar-refractivity contribution in [3.05, 3.63) is 12.2 Å². The quantitative estimate of drug-likeness (QED) is 0.412. The molecule has 4 atom stereocenters. The van der Waals surface area contributed by atoms with E-state index in [0.717, 1.165) is 17.8 Å². The minimum atomic E-state index is -1.85. The van der Waals surface area contributed by atoms with Crippen molar-refractivity contribution in [2.45, 2.75) is 70.6 Å². The van der Waals surface area contributed by atoms with Gasteiger partial charge in [-0.05, 0) is 0 Å². The second-order valence-corrected chi connectivity index (χ2v) is 22.8. The van der Waals surface area contributed by atoms with E-state index in [1.165, 1.54) is 22.3 Å². The van der Waals surface area contributed by atoms with Gasteiger partial charge in [-0.2, -0.15) is 0 Å². The Morgan fingerprint density at radius 2 is 1.61 bits per heavy atom. The van der Waals surface area contributed by atoms with E-state index in [1.807, 2.05) is 0 Å². The third-order valence-corrected chi connectivity index (χ3v) is 25.2. The fraction of sp³-hybridized carbons (Fsp3) is 0.882. The van der Waals surface area contributed by atoms with Gasteiger partial charge >= 0.3 is 119 Å². The Bertz CT molecular complexity index is 294. The molecule has 18 heavy (non-hydrogen) atoms. The van der Waals surface area contributed by atoms with Crippen LogP contribution in [-0.2, 0) is 0 Å². The fourth-order valence-electron chi connectivity index (χ4n) is 5.52. The summed E-state index contributed by atoms with van der Waals surface area (Å²) in [6.07, 6.45) is 6.05. The summed E-state index contributed by atoms with van der Waals surface area (Å²) in [6, 6.07) is 0. The van der Waals surface area contributed by atoms with Crippen molar-refractivity contribution in [2.24, 2.45) is 17.8 Å². The van der Waals surface area contributed by atoms with Crippen molar-refractivity contribution < 1.29 is 0 Å². The predicted molar refractivity (Wildman–Crippen MR) is 84.7 cm³/mol. The average molecular weight is 355 g/mol. The van der Waals surface area contributed by atoms with Crippen molar-refractivity contribution in [3.63, 3.8) is 0 Å². The second-order valence-electron chi connectivity index (χ2n) is 7.11. The van der Waals surface area contributed by atoms with E-state index in [0.29, 0.717) is 0 Å². The fourth-order valence-corrected chi connectivity index (χ4v) is 21.3. The molecule has 0 radical (unpaired) electrons. The van der Waals surface area contributed by atoms with Crippen LogP contribution in [0.15, 0.2) is 12.2 Å². The molecule has 0 heterocycles. The van der Waals surface area contributed by atoms with E-state index in [2.05, 4.69) is 34.3 Å². The summed E-state index contributed by atoms with van der Waals surface area (Å²) in [6.45, 7) is 14.0. The van der Waals surface area contributed by atoms with Crippen LogP contribution in [0.25, 0.3) is 0 Å². The first-order chi connectivity index (χ1) is 8.57. The van der Waals surface area contributed by atoms with Gasteiger partial charge in [0, 0.05) is 0 Å². The molecule has 2 fully saturated rings. The van der Waals surface area contributed by atoms with E-state index in [1.54, 1.807) is 26.2 Å². The maximum absolute atomic E-state index is 4.22. The van der Waals surface area contributed by atoms with Gasteiger partial charge in [0.1, 0.15) is 0 Å². The Hall–Kier alpha value is 0.539. The third kappa shape index (κ3) is 2.43. The molecule has 0 nitrogen and oxygen atoms in total. The minimum absolute atomic E-state index is 1.05. The number of allylic oxidation sites excluding steroid dienone is 1. The molecule has 2 saturated carbocycles. The van der Waals surface area contributed by atoms with Crippen LogP contribution in [0.4, 0.5) is 0 Å². The molecule has 2 rings (SSSR count). The summed E-state index contributed by atoms with van der Waals surface area (Å²) in [5, 5.41) is 0. The van der Waals surface area contributed by atoms with Crippen LogP contribution in [-0.4, -0.2) is 18.4 Å². The van der Waals surface area contributed by atoms with Gasteiger partial charge in [0.25, 0.3) is 0 Å². The molecule has 2 bridgehead atoms. The van der Waals surface area contributed by atoms with E-state index in [9.17, 15) is 0 Å². The van der Waals surface area contributed by atoms with E-state index in [4.69, 9.17) is 0 Å². The molecule has 2 aliphatic rings. The maximum atomic E-state index is 4.22. The molecule has 2 aliphatic carbocycles. The van der Waals surface area contributed by atoms with E-state index in [-0.39, 0.29) is 0 Å². The molecule has 0 aromatic rings. The molecule has 0 amide bonds. The van der Waals surface area contributed by atoms with Crippen molar-refractivity contribution >= 4 is 18.4 Å². The van der Waals surface area contributed by atoms with Crippen LogP contribution in [0.5, 0.6) is 0 Å². The Morgan fingerprint density at radius 3 is 2.11 bits per heavy atom. The zero-order valence-electron chi connectivity index (χ0n) is 13.0. The topological polar surface area (TPSA) is 0 Å². The van der Waals surface area contributed by atoms with Gasteiger partial charge in [0.15, 0.2) is 0 Å². The normalized spacial score (nSPS) is 35.1. The van der Waals surface area contributed by atoms with Gasteiger partial charge in [0.05, 0.1) is 0 Å². The zero-order chi connectivity index (χ0) is 13.3. The summed E-state index contributed by atoms with van der Waals surface area (Å²) >= 11 is -1.85. The first-order valence-electron chi connectivity index (χ1n) is 8.22. The van der Waals surface area contributed by atoms with Gasteiger partial charge in [0.2, 0.25) is 0 Å². The SMILES string of the molecule is C=C(C)C[C@@H]1[C@H]2CC[C@H](C2)[C@@H]1[Sn]([CH2]C)([CH2]C)[CH2]C. The van der Waals surface area contributed by atoms with Crippen LogP contribution < -0.4 is 0 Å². The molecular formula is C17H32Sn. The molecule has 0 aromatic carbocycles. The van der Waals surface area contributed by atoms with Crippen LogP contribution in [0, 0.1) is 17.8 Å². The van der Waals surface area contributed by atoms with E-state index >= 15 is 0 Å². The molecule has 0 saturated heterocycles. The second kappa shape index (κ2) is 5.89. The van der Waals surface area contributed by atoms with Crippen LogP contribution in [0.3, 0.4) is 0 Å². The number of hydrogen-bond donors (Lipinski definition) is 0. The first-order valence-corrected chi connectivity index (χ1v) is 15.9. The summed E-state index contributed by atoms with van der Waals surface area (Å²) in [7, 11) is 0. The number of hydrogen-bond acceptors (Lipinski definition) is 0. The molecule has 0 unspecified atom stereocenters.